The average molecular weight is 396 g/mol. The van der Waals surface area contributed by atoms with E-state index < -0.39 is 0 Å². The second kappa shape index (κ2) is 7.89. The minimum atomic E-state index is -0.0576. The van der Waals surface area contributed by atoms with Gasteiger partial charge in [0.15, 0.2) is 0 Å². The number of piperidine rings is 1. The number of aryl methyl sites for hydroxylation is 1. The molecule has 1 amide bonds. The molecule has 0 aromatic carbocycles. The molecule has 1 aliphatic rings. The normalized spacial score (nSPS) is 15.8. The third kappa shape index (κ3) is 4.44. The highest BCUT2D eigenvalue weighted by Crippen LogP contribution is 2.34. The number of likely N-dealkylation sites (tertiary alicyclic amines) is 1. The van der Waals surface area contributed by atoms with Gasteiger partial charge < -0.3 is 14.7 Å². The minimum Gasteiger partial charge on any atom is -0.365 e. The Morgan fingerprint density at radius 1 is 1.24 bits per heavy atom. The fraction of sp³-hybridized carbons (Fsp3) is 0.500. The van der Waals surface area contributed by atoms with E-state index in [4.69, 9.17) is 9.51 Å². The largest absolute Gasteiger partial charge is 0.365 e. The summed E-state index contributed by atoms with van der Waals surface area (Å²) in [6.45, 7) is 8.02. The van der Waals surface area contributed by atoms with Crippen molar-refractivity contribution in [3.05, 3.63) is 48.1 Å². The smallest absolute Gasteiger partial charge is 0.223 e. The van der Waals surface area contributed by atoms with Crippen LogP contribution >= 0.6 is 0 Å². The summed E-state index contributed by atoms with van der Waals surface area (Å²) >= 11 is 0. The highest BCUT2D eigenvalue weighted by molar-refractivity contribution is 5.76. The van der Waals surface area contributed by atoms with Crippen LogP contribution in [0.15, 0.2) is 41.2 Å². The first-order chi connectivity index (χ1) is 13.9. The molecule has 1 aliphatic heterocycles. The number of rotatable bonds is 5. The number of carbonyl (C=O) groups is 1. The van der Waals surface area contributed by atoms with Crippen molar-refractivity contribution in [3.63, 3.8) is 0 Å². The fourth-order valence-electron chi connectivity index (χ4n) is 3.94. The highest BCUT2D eigenvalue weighted by atomic mass is 16.5. The van der Waals surface area contributed by atoms with Crippen molar-refractivity contribution in [3.8, 4) is 0 Å². The Bertz CT molecular complexity index is 963. The molecular weight excluding hydrogens is 366 g/mol. The van der Waals surface area contributed by atoms with E-state index in [-0.39, 0.29) is 11.4 Å². The first kappa shape index (κ1) is 19.5. The molecule has 0 atom stereocenters. The lowest BCUT2D eigenvalue weighted by atomic mass is 9.92. The van der Waals surface area contributed by atoms with Crippen LogP contribution < -0.4 is 5.32 Å². The van der Waals surface area contributed by atoms with Gasteiger partial charge in [-0.05, 0) is 45.7 Å². The molecule has 3 aromatic heterocycles. The summed E-state index contributed by atoms with van der Waals surface area (Å²) in [5.41, 5.74) is 2.01. The van der Waals surface area contributed by atoms with Crippen molar-refractivity contribution in [1.82, 2.24) is 19.4 Å². The number of carbonyl (C=O) groups excluding carboxylic acids is 1. The summed E-state index contributed by atoms with van der Waals surface area (Å²) in [4.78, 5) is 19.5. The number of aromatic nitrogens is 3. The van der Waals surface area contributed by atoms with Crippen LogP contribution in [0.25, 0.3) is 5.65 Å². The molecule has 0 unspecified atom stereocenters. The number of hydrogen-bond donors (Lipinski definition) is 1. The van der Waals surface area contributed by atoms with Crippen LogP contribution in [0, 0.1) is 0 Å². The van der Waals surface area contributed by atoms with Gasteiger partial charge in [-0.15, -0.1) is 0 Å². The van der Waals surface area contributed by atoms with Gasteiger partial charge in [0.1, 0.15) is 17.2 Å². The fourth-order valence-corrected chi connectivity index (χ4v) is 3.94. The lowest BCUT2D eigenvalue weighted by molar-refractivity contribution is -0.132. The zero-order valence-corrected chi connectivity index (χ0v) is 17.4. The van der Waals surface area contributed by atoms with Gasteiger partial charge in [-0.25, -0.2) is 4.98 Å². The lowest BCUT2D eigenvalue weighted by Gasteiger charge is -2.32. The SMILES string of the molecule is CC(C)(C)Nc1c(C2CCN(C(=O)CCc3ccno3)CC2)nc2ccccn12. The number of nitrogens with one attached hydrogen (secondary N) is 1. The molecule has 0 aliphatic carbocycles. The first-order valence-corrected chi connectivity index (χ1v) is 10.3. The number of anilines is 1. The second-order valence-electron chi connectivity index (χ2n) is 8.78. The van der Waals surface area contributed by atoms with Crippen molar-refractivity contribution < 1.29 is 9.32 Å². The van der Waals surface area contributed by atoms with Crippen LogP contribution in [0.3, 0.4) is 0 Å². The molecule has 1 N–H and O–H groups in total. The Hall–Kier alpha value is -2.83. The molecule has 1 fully saturated rings. The molecule has 7 heteroatoms. The van der Waals surface area contributed by atoms with E-state index in [1.807, 2.05) is 29.2 Å². The number of fused-ring (bicyclic) bond motifs is 1. The van der Waals surface area contributed by atoms with Gasteiger partial charge in [0.05, 0.1) is 11.9 Å². The number of pyridine rings is 1. The third-order valence-electron chi connectivity index (χ3n) is 5.36. The maximum absolute atomic E-state index is 12.6. The predicted molar refractivity (Wildman–Crippen MR) is 112 cm³/mol. The van der Waals surface area contributed by atoms with E-state index in [9.17, 15) is 4.79 Å². The van der Waals surface area contributed by atoms with Gasteiger partial charge in [-0.1, -0.05) is 11.2 Å². The number of imidazole rings is 1. The number of nitrogens with zero attached hydrogens (tertiary/aromatic N) is 4. The molecule has 154 valence electrons. The topological polar surface area (TPSA) is 75.7 Å². The zero-order valence-electron chi connectivity index (χ0n) is 17.4. The van der Waals surface area contributed by atoms with Crippen LogP contribution in [-0.2, 0) is 11.2 Å². The zero-order chi connectivity index (χ0) is 20.4. The molecule has 0 saturated carbocycles. The Balaban J connectivity index is 1.45. The highest BCUT2D eigenvalue weighted by Gasteiger charge is 2.29. The molecule has 0 bridgehead atoms. The quantitative estimate of drug-likeness (QED) is 0.710. The Morgan fingerprint density at radius 3 is 2.72 bits per heavy atom. The molecule has 3 aromatic rings. The molecule has 4 rings (SSSR count). The van der Waals surface area contributed by atoms with Gasteiger partial charge in [0, 0.05) is 49.7 Å². The molecule has 7 nitrogen and oxygen atoms in total. The molecule has 0 spiro atoms. The summed E-state index contributed by atoms with van der Waals surface area (Å²) in [6.07, 6.45) is 6.59. The van der Waals surface area contributed by atoms with Crippen LogP contribution in [0.4, 0.5) is 5.82 Å². The standard InChI is InChI=1S/C22H29N5O2/c1-22(2,3)25-21-20(24-18-6-4-5-13-27(18)21)16-10-14-26(15-11-16)19(28)8-7-17-9-12-23-29-17/h4-6,9,12-13,16,25H,7-8,10-11,14-15H2,1-3H3. The van der Waals surface area contributed by atoms with E-state index in [0.29, 0.717) is 18.8 Å². The van der Waals surface area contributed by atoms with Gasteiger partial charge in [0.2, 0.25) is 5.91 Å². The maximum atomic E-state index is 12.6. The lowest BCUT2D eigenvalue weighted by Crippen LogP contribution is -2.38. The summed E-state index contributed by atoms with van der Waals surface area (Å²) in [7, 11) is 0. The minimum absolute atomic E-state index is 0.0576. The predicted octanol–water partition coefficient (Wildman–Crippen LogP) is 3.87. The van der Waals surface area contributed by atoms with Crippen molar-refractivity contribution in [1.29, 1.82) is 0 Å². The monoisotopic (exact) mass is 395 g/mol. The van der Waals surface area contributed by atoms with Gasteiger partial charge in [-0.3, -0.25) is 9.20 Å². The summed E-state index contributed by atoms with van der Waals surface area (Å²) in [5.74, 6) is 2.36. The van der Waals surface area contributed by atoms with Crippen molar-refractivity contribution >= 4 is 17.4 Å². The van der Waals surface area contributed by atoms with Gasteiger partial charge >= 0.3 is 0 Å². The summed E-state index contributed by atoms with van der Waals surface area (Å²) in [5, 5.41) is 7.34. The van der Waals surface area contributed by atoms with Gasteiger partial charge in [-0.2, -0.15) is 0 Å². The van der Waals surface area contributed by atoms with E-state index in [1.54, 1.807) is 6.20 Å². The second-order valence-corrected chi connectivity index (χ2v) is 8.78. The molecule has 29 heavy (non-hydrogen) atoms. The molecule has 1 saturated heterocycles. The van der Waals surface area contributed by atoms with Crippen molar-refractivity contribution in [2.24, 2.45) is 0 Å². The van der Waals surface area contributed by atoms with Crippen LogP contribution in [0.2, 0.25) is 0 Å². The van der Waals surface area contributed by atoms with E-state index in [1.165, 1.54) is 0 Å². The van der Waals surface area contributed by atoms with Crippen molar-refractivity contribution in [2.75, 3.05) is 18.4 Å². The van der Waals surface area contributed by atoms with E-state index in [0.717, 1.165) is 48.9 Å². The molecular formula is C22H29N5O2. The van der Waals surface area contributed by atoms with E-state index >= 15 is 0 Å². The van der Waals surface area contributed by atoms with Gasteiger partial charge in [0.25, 0.3) is 0 Å². The maximum Gasteiger partial charge on any atom is 0.223 e. The molecule has 4 heterocycles. The van der Waals surface area contributed by atoms with Crippen molar-refractivity contribution in [2.45, 2.75) is 57.9 Å². The number of amides is 1. The van der Waals surface area contributed by atoms with E-state index in [2.05, 4.69) is 41.8 Å². The Morgan fingerprint density at radius 2 is 2.03 bits per heavy atom. The van der Waals surface area contributed by atoms with Crippen LogP contribution in [-0.4, -0.2) is 44.0 Å². The van der Waals surface area contributed by atoms with Crippen LogP contribution in [0.1, 0.15) is 57.4 Å². The summed E-state index contributed by atoms with van der Waals surface area (Å²) < 4.78 is 7.22. The first-order valence-electron chi connectivity index (χ1n) is 10.3. The third-order valence-corrected chi connectivity index (χ3v) is 5.36. The molecule has 0 radical (unpaired) electrons. The average Bonchev–Trinajstić information content (AvgIpc) is 3.34. The Kier molecular flexibility index (Phi) is 5.30. The summed E-state index contributed by atoms with van der Waals surface area (Å²) in [6, 6.07) is 7.90. The van der Waals surface area contributed by atoms with Crippen LogP contribution in [0.5, 0.6) is 0 Å². The number of hydrogen-bond acceptors (Lipinski definition) is 5. The Labute approximate surface area is 171 Å².